The number of aliphatic imine (C=N–C) groups is 2. The van der Waals surface area contributed by atoms with E-state index in [-0.39, 0.29) is 0 Å². The molecule has 0 radical (unpaired) electrons. The highest BCUT2D eigenvalue weighted by molar-refractivity contribution is 6.51. The van der Waals surface area contributed by atoms with Crippen molar-refractivity contribution in [3.63, 3.8) is 0 Å². The van der Waals surface area contributed by atoms with Crippen LogP contribution in [0.3, 0.4) is 0 Å². The van der Waals surface area contributed by atoms with E-state index >= 15 is 0 Å². The van der Waals surface area contributed by atoms with E-state index in [1.807, 2.05) is 41.9 Å². The van der Waals surface area contributed by atoms with Crippen LogP contribution in [-0.4, -0.2) is 41.0 Å². The molecule has 0 aliphatic carbocycles. The fourth-order valence-corrected chi connectivity index (χ4v) is 5.53. The zero-order valence-corrected chi connectivity index (χ0v) is 25.7. The summed E-state index contributed by atoms with van der Waals surface area (Å²) in [5.74, 6) is 2.96. The van der Waals surface area contributed by atoms with Crippen LogP contribution >= 0.6 is 0 Å². The molecule has 0 N–H and O–H groups in total. The zero-order valence-electron chi connectivity index (χ0n) is 25.7. The largest absolute Gasteiger partial charge is 0.493 e. The molecule has 0 bridgehead atoms. The average Bonchev–Trinajstić information content (AvgIpc) is 3.71. The SMILES string of the molecule is CCCCCCCCOc1ccccc1C1=Nc2c(-c3ccco3)c(C)nn2/C1=N\c1ccc(N(CC)CC)cc1C. The van der Waals surface area contributed by atoms with Gasteiger partial charge in [-0.1, -0.05) is 51.2 Å². The second-order valence-electron chi connectivity index (χ2n) is 10.8. The van der Waals surface area contributed by atoms with E-state index in [1.54, 1.807) is 6.26 Å². The Morgan fingerprint density at radius 3 is 2.43 bits per heavy atom. The van der Waals surface area contributed by atoms with Crippen LogP contribution in [0.1, 0.15) is 76.1 Å². The second-order valence-corrected chi connectivity index (χ2v) is 10.8. The second kappa shape index (κ2) is 13.7. The summed E-state index contributed by atoms with van der Waals surface area (Å²) in [5.41, 5.74) is 6.57. The zero-order chi connectivity index (χ0) is 29.5. The molecule has 4 aromatic rings. The number of aryl methyl sites for hydroxylation is 2. The Morgan fingerprint density at radius 2 is 1.69 bits per heavy atom. The van der Waals surface area contributed by atoms with Gasteiger partial charge in [0.25, 0.3) is 0 Å². The number of anilines is 1. The number of aromatic nitrogens is 2. The van der Waals surface area contributed by atoms with Gasteiger partial charge in [0.15, 0.2) is 11.7 Å². The first-order valence-electron chi connectivity index (χ1n) is 15.4. The highest BCUT2D eigenvalue weighted by Gasteiger charge is 2.32. The number of ether oxygens (including phenoxy) is 1. The van der Waals surface area contributed by atoms with Crippen molar-refractivity contribution in [2.45, 2.75) is 73.1 Å². The Kier molecular flexibility index (Phi) is 9.57. The Labute approximate surface area is 250 Å². The van der Waals surface area contributed by atoms with Gasteiger partial charge in [0.1, 0.15) is 17.2 Å². The first kappa shape index (κ1) is 29.4. The number of hydrogen-bond acceptors (Lipinski definition) is 6. The maximum absolute atomic E-state index is 6.36. The summed E-state index contributed by atoms with van der Waals surface area (Å²) in [4.78, 5) is 12.7. The monoisotopic (exact) mass is 565 g/mol. The molecular formula is C35H43N5O2. The van der Waals surface area contributed by atoms with Gasteiger partial charge < -0.3 is 14.1 Å². The van der Waals surface area contributed by atoms with E-state index in [4.69, 9.17) is 24.2 Å². The van der Waals surface area contributed by atoms with Crippen LogP contribution in [0.5, 0.6) is 5.75 Å². The fraction of sp³-hybridized carbons (Fsp3) is 0.400. The van der Waals surface area contributed by atoms with Crippen LogP contribution in [-0.2, 0) is 0 Å². The third-order valence-electron chi connectivity index (χ3n) is 7.87. The molecule has 2 aromatic carbocycles. The number of para-hydroxylation sites is 1. The Hall–Kier alpha value is -4.13. The maximum atomic E-state index is 6.36. The van der Waals surface area contributed by atoms with Gasteiger partial charge in [0, 0.05) is 24.3 Å². The maximum Gasteiger partial charge on any atom is 0.183 e. The van der Waals surface area contributed by atoms with Crippen LogP contribution in [0.4, 0.5) is 17.2 Å². The van der Waals surface area contributed by atoms with Crippen LogP contribution in [0.25, 0.3) is 11.3 Å². The van der Waals surface area contributed by atoms with Gasteiger partial charge in [-0.05, 0) is 82.1 Å². The van der Waals surface area contributed by atoms with E-state index in [1.165, 1.54) is 37.8 Å². The average molecular weight is 566 g/mol. The van der Waals surface area contributed by atoms with Crippen molar-refractivity contribution in [1.29, 1.82) is 0 Å². The first-order valence-corrected chi connectivity index (χ1v) is 15.4. The molecule has 7 nitrogen and oxygen atoms in total. The Balaban J connectivity index is 1.53. The number of furan rings is 1. The quantitative estimate of drug-likeness (QED) is 0.143. The predicted molar refractivity (Wildman–Crippen MR) is 173 cm³/mol. The van der Waals surface area contributed by atoms with Gasteiger partial charge in [-0.25, -0.2) is 9.98 Å². The van der Waals surface area contributed by atoms with Gasteiger partial charge in [-0.15, -0.1) is 0 Å². The molecule has 5 rings (SSSR count). The van der Waals surface area contributed by atoms with Crippen molar-refractivity contribution in [2.75, 3.05) is 24.6 Å². The predicted octanol–water partition coefficient (Wildman–Crippen LogP) is 9.06. The number of hydrogen-bond donors (Lipinski definition) is 0. The lowest BCUT2D eigenvalue weighted by Crippen LogP contribution is -2.22. The number of nitrogens with zero attached hydrogens (tertiary/aromatic N) is 5. The minimum Gasteiger partial charge on any atom is -0.493 e. The third kappa shape index (κ3) is 6.20. The van der Waals surface area contributed by atoms with E-state index in [9.17, 15) is 0 Å². The van der Waals surface area contributed by atoms with Crippen molar-refractivity contribution < 1.29 is 9.15 Å². The fourth-order valence-electron chi connectivity index (χ4n) is 5.53. The summed E-state index contributed by atoms with van der Waals surface area (Å²) in [6.07, 6.45) is 9.00. The van der Waals surface area contributed by atoms with Crippen LogP contribution in [0, 0.1) is 13.8 Å². The molecular weight excluding hydrogens is 522 g/mol. The molecule has 220 valence electrons. The summed E-state index contributed by atoms with van der Waals surface area (Å²) >= 11 is 0. The molecule has 1 aliphatic heterocycles. The third-order valence-corrected chi connectivity index (χ3v) is 7.87. The topological polar surface area (TPSA) is 68.1 Å². The summed E-state index contributed by atoms with van der Waals surface area (Å²) in [5, 5.41) is 4.91. The van der Waals surface area contributed by atoms with E-state index in [0.717, 1.165) is 70.6 Å². The molecule has 3 heterocycles. The number of rotatable bonds is 14. The molecule has 42 heavy (non-hydrogen) atoms. The molecule has 7 heteroatoms. The van der Waals surface area contributed by atoms with Gasteiger partial charge in [-0.3, -0.25) is 0 Å². The minimum absolute atomic E-state index is 0.677. The van der Waals surface area contributed by atoms with Gasteiger partial charge in [0.2, 0.25) is 0 Å². The lowest BCUT2D eigenvalue weighted by Gasteiger charge is -2.21. The van der Waals surface area contributed by atoms with Crippen molar-refractivity contribution in [3.05, 3.63) is 77.7 Å². The van der Waals surface area contributed by atoms with Crippen LogP contribution in [0.15, 0.2) is 75.3 Å². The van der Waals surface area contributed by atoms with Crippen molar-refractivity contribution >= 4 is 28.7 Å². The molecule has 0 fully saturated rings. The van der Waals surface area contributed by atoms with Gasteiger partial charge in [0.05, 0.1) is 29.8 Å². The number of unbranched alkanes of at least 4 members (excludes halogenated alkanes) is 5. The van der Waals surface area contributed by atoms with Crippen LogP contribution in [0.2, 0.25) is 0 Å². The normalized spacial score (nSPS) is 13.5. The summed E-state index contributed by atoms with van der Waals surface area (Å²) in [6, 6.07) is 18.4. The molecule has 0 amide bonds. The molecule has 0 saturated carbocycles. The molecule has 2 aromatic heterocycles. The van der Waals surface area contributed by atoms with E-state index < -0.39 is 0 Å². The first-order chi connectivity index (χ1) is 20.5. The van der Waals surface area contributed by atoms with Crippen LogP contribution < -0.4 is 9.64 Å². The minimum atomic E-state index is 0.677. The highest BCUT2D eigenvalue weighted by Crippen LogP contribution is 2.39. The molecule has 1 aliphatic rings. The Bertz CT molecular complexity index is 1540. The number of benzene rings is 2. The highest BCUT2D eigenvalue weighted by atomic mass is 16.5. The molecule has 0 atom stereocenters. The van der Waals surface area contributed by atoms with Crippen molar-refractivity contribution in [3.8, 4) is 17.1 Å². The smallest absolute Gasteiger partial charge is 0.183 e. The summed E-state index contributed by atoms with van der Waals surface area (Å²) in [6.45, 7) is 13.3. The lowest BCUT2D eigenvalue weighted by molar-refractivity contribution is 0.304. The lowest BCUT2D eigenvalue weighted by atomic mass is 10.1. The molecule has 0 unspecified atom stereocenters. The summed E-state index contributed by atoms with van der Waals surface area (Å²) < 4.78 is 14.0. The summed E-state index contributed by atoms with van der Waals surface area (Å²) in [7, 11) is 0. The standard InChI is InChI=1S/C35H43N5O2/c1-6-9-10-11-12-15-22-41-30-18-14-13-17-28(30)33-35(36-29-21-20-27(24-25(29)4)39(7-2)8-3)40-34(37-33)32(26(5)38-40)31-19-16-23-42-31/h13-14,16-21,23-24H,6-12,15,22H2,1-5H3/b36-35-. The van der Waals surface area contributed by atoms with E-state index in [0.29, 0.717) is 12.4 Å². The van der Waals surface area contributed by atoms with Gasteiger partial charge in [-0.2, -0.15) is 9.78 Å². The Morgan fingerprint density at radius 1 is 0.905 bits per heavy atom. The van der Waals surface area contributed by atoms with Gasteiger partial charge >= 0.3 is 0 Å². The molecule has 0 spiro atoms. The van der Waals surface area contributed by atoms with Crippen molar-refractivity contribution in [1.82, 2.24) is 9.78 Å². The van der Waals surface area contributed by atoms with Crippen molar-refractivity contribution in [2.24, 2.45) is 9.98 Å². The number of fused-ring (bicyclic) bond motifs is 1. The molecule has 0 saturated heterocycles. The van der Waals surface area contributed by atoms with E-state index in [2.05, 4.69) is 56.9 Å².